The quantitative estimate of drug-likeness (QED) is 0.748. The second kappa shape index (κ2) is 14.9. The number of aryl methyl sites for hydroxylation is 2. The van der Waals surface area contributed by atoms with Crippen molar-refractivity contribution >= 4 is 11.9 Å². The minimum Gasteiger partial charge on any atom is -0.478 e. The molecule has 0 heterocycles. The van der Waals surface area contributed by atoms with Crippen LogP contribution in [-0.2, 0) is 6.42 Å². The highest BCUT2D eigenvalue weighted by molar-refractivity contribution is 5.87. The first-order valence-corrected chi connectivity index (χ1v) is 8.56. The molecule has 0 saturated carbocycles. The molecule has 2 aromatic rings. The number of hydrogen-bond donors (Lipinski definition) is 2. The van der Waals surface area contributed by atoms with Crippen LogP contribution >= 0.6 is 0 Å². The van der Waals surface area contributed by atoms with Crippen LogP contribution in [0.15, 0.2) is 48.5 Å². The molecule has 0 amide bonds. The van der Waals surface area contributed by atoms with Crippen molar-refractivity contribution in [1.29, 1.82) is 0 Å². The molecule has 4 nitrogen and oxygen atoms in total. The van der Waals surface area contributed by atoms with Gasteiger partial charge in [-0.05, 0) is 43.2 Å². The van der Waals surface area contributed by atoms with Crippen LogP contribution in [0.2, 0.25) is 0 Å². The van der Waals surface area contributed by atoms with Crippen molar-refractivity contribution in [3.63, 3.8) is 0 Å². The largest absolute Gasteiger partial charge is 0.478 e. The first-order chi connectivity index (χ1) is 11.9. The van der Waals surface area contributed by atoms with Crippen molar-refractivity contribution in [2.24, 2.45) is 0 Å². The van der Waals surface area contributed by atoms with Crippen LogP contribution in [0.1, 0.15) is 66.5 Å². The first-order valence-electron chi connectivity index (χ1n) is 8.56. The van der Waals surface area contributed by atoms with Gasteiger partial charge in [0.05, 0.1) is 11.1 Å². The zero-order chi connectivity index (χ0) is 19.8. The number of aromatic carboxylic acids is 2. The Morgan fingerprint density at radius 3 is 1.32 bits per heavy atom. The molecule has 0 atom stereocenters. The number of rotatable bonds is 3. The summed E-state index contributed by atoms with van der Waals surface area (Å²) in [7, 11) is 0. The number of carbonyl (C=O) groups is 2. The zero-order valence-corrected chi connectivity index (χ0v) is 16.0. The molecule has 0 aromatic heterocycles. The maximum absolute atomic E-state index is 10.4. The second-order valence-electron chi connectivity index (χ2n) is 4.53. The highest BCUT2D eigenvalue weighted by Crippen LogP contribution is 2.04. The van der Waals surface area contributed by atoms with E-state index < -0.39 is 11.9 Å². The van der Waals surface area contributed by atoms with Crippen molar-refractivity contribution in [2.45, 2.75) is 48.0 Å². The van der Waals surface area contributed by atoms with Crippen LogP contribution in [0.5, 0.6) is 0 Å². The fourth-order valence-corrected chi connectivity index (χ4v) is 1.58. The maximum Gasteiger partial charge on any atom is 0.335 e. The average molecular weight is 346 g/mol. The average Bonchev–Trinajstić information content (AvgIpc) is 2.66. The van der Waals surface area contributed by atoms with E-state index in [1.807, 2.05) is 53.7 Å². The lowest BCUT2D eigenvalue weighted by Gasteiger charge is -1.96. The molecule has 2 aromatic carbocycles. The van der Waals surface area contributed by atoms with Gasteiger partial charge < -0.3 is 10.2 Å². The molecule has 2 rings (SSSR count). The molecule has 0 bridgehead atoms. The summed E-state index contributed by atoms with van der Waals surface area (Å²) in [5.74, 6) is -1.74. The van der Waals surface area contributed by atoms with E-state index in [0.29, 0.717) is 11.1 Å². The highest BCUT2D eigenvalue weighted by Gasteiger charge is 2.00. The summed E-state index contributed by atoms with van der Waals surface area (Å²) < 4.78 is 0. The molecule has 4 heteroatoms. The molecule has 25 heavy (non-hydrogen) atoms. The Balaban J connectivity index is 0. The van der Waals surface area contributed by atoms with Crippen LogP contribution in [0.25, 0.3) is 0 Å². The van der Waals surface area contributed by atoms with Crippen molar-refractivity contribution in [1.82, 2.24) is 0 Å². The van der Waals surface area contributed by atoms with Gasteiger partial charge in [-0.25, -0.2) is 9.59 Å². The summed E-state index contributed by atoms with van der Waals surface area (Å²) in [6.07, 6.45) is 0.944. The van der Waals surface area contributed by atoms with Gasteiger partial charge >= 0.3 is 11.9 Å². The van der Waals surface area contributed by atoms with Gasteiger partial charge in [-0.2, -0.15) is 0 Å². The number of carboxylic acid groups (broad SMARTS) is 2. The molecular weight excluding hydrogens is 316 g/mol. The first kappa shape index (κ1) is 24.6. The SMILES string of the molecule is CC.CC.CCc1ccc(C(=O)O)cc1.Cc1ccc(C(=O)O)cc1. The maximum atomic E-state index is 10.4. The third-order valence-corrected chi connectivity index (χ3v) is 2.91. The fourth-order valence-electron chi connectivity index (χ4n) is 1.58. The molecule has 0 fully saturated rings. The van der Waals surface area contributed by atoms with Crippen LogP contribution in [0.4, 0.5) is 0 Å². The van der Waals surface area contributed by atoms with Crippen molar-refractivity contribution in [3.8, 4) is 0 Å². The third-order valence-electron chi connectivity index (χ3n) is 2.91. The van der Waals surface area contributed by atoms with E-state index in [1.54, 1.807) is 36.4 Å². The van der Waals surface area contributed by atoms with Gasteiger partial charge in [0.15, 0.2) is 0 Å². The lowest BCUT2D eigenvalue weighted by atomic mass is 10.1. The van der Waals surface area contributed by atoms with E-state index in [4.69, 9.17) is 10.2 Å². The fraction of sp³-hybridized carbons (Fsp3) is 0.333. The molecule has 0 saturated heterocycles. The van der Waals surface area contributed by atoms with E-state index >= 15 is 0 Å². The smallest absolute Gasteiger partial charge is 0.335 e. The molecule has 0 radical (unpaired) electrons. The summed E-state index contributed by atoms with van der Waals surface area (Å²) in [6, 6.07) is 13.7. The topological polar surface area (TPSA) is 74.6 Å². The Morgan fingerprint density at radius 2 is 1.04 bits per heavy atom. The summed E-state index contributed by atoms with van der Waals surface area (Å²) in [4.78, 5) is 20.7. The summed E-state index contributed by atoms with van der Waals surface area (Å²) in [5, 5.41) is 17.0. The molecule has 0 unspecified atom stereocenters. The predicted molar refractivity (Wildman–Crippen MR) is 104 cm³/mol. The molecule has 2 N–H and O–H groups in total. The van der Waals surface area contributed by atoms with Gasteiger partial charge in [-0.15, -0.1) is 0 Å². The Kier molecular flexibility index (Phi) is 14.7. The van der Waals surface area contributed by atoms with E-state index in [0.717, 1.165) is 17.5 Å². The lowest BCUT2D eigenvalue weighted by Crippen LogP contribution is -1.95. The lowest BCUT2D eigenvalue weighted by molar-refractivity contribution is 0.0686. The number of carboxylic acids is 2. The Labute approximate surface area is 151 Å². The van der Waals surface area contributed by atoms with E-state index in [9.17, 15) is 9.59 Å². The Hall–Kier alpha value is -2.62. The highest BCUT2D eigenvalue weighted by atomic mass is 16.4. The van der Waals surface area contributed by atoms with Crippen molar-refractivity contribution in [3.05, 3.63) is 70.8 Å². The summed E-state index contributed by atoms with van der Waals surface area (Å²) in [5.41, 5.74) is 2.92. The number of benzene rings is 2. The van der Waals surface area contributed by atoms with Crippen LogP contribution in [0.3, 0.4) is 0 Å². The monoisotopic (exact) mass is 346 g/mol. The normalized spacial score (nSPS) is 8.40. The number of hydrogen-bond acceptors (Lipinski definition) is 2. The Morgan fingerprint density at radius 1 is 0.720 bits per heavy atom. The minimum atomic E-state index is -0.875. The standard InChI is InChI=1S/C9H10O2.C8H8O2.2C2H6/c1-2-7-3-5-8(6-4-7)9(10)11;1-6-2-4-7(5-3-6)8(9)10;2*1-2/h3-6H,2H2,1H3,(H,10,11);2-5H,1H3,(H,9,10);2*1-2H3. The second-order valence-corrected chi connectivity index (χ2v) is 4.53. The van der Waals surface area contributed by atoms with Gasteiger partial charge in [-0.1, -0.05) is 64.4 Å². The van der Waals surface area contributed by atoms with Gasteiger partial charge in [0, 0.05) is 0 Å². The van der Waals surface area contributed by atoms with Gasteiger partial charge in [0.25, 0.3) is 0 Å². The summed E-state index contributed by atoms with van der Waals surface area (Å²) >= 11 is 0. The van der Waals surface area contributed by atoms with Gasteiger partial charge in [0.2, 0.25) is 0 Å². The van der Waals surface area contributed by atoms with Crippen molar-refractivity contribution in [2.75, 3.05) is 0 Å². The van der Waals surface area contributed by atoms with Gasteiger partial charge in [-0.3, -0.25) is 0 Å². The Bertz CT molecular complexity index is 599. The van der Waals surface area contributed by atoms with Crippen LogP contribution in [-0.4, -0.2) is 22.2 Å². The van der Waals surface area contributed by atoms with E-state index in [2.05, 4.69) is 0 Å². The van der Waals surface area contributed by atoms with E-state index in [-0.39, 0.29) is 0 Å². The molecule has 0 aliphatic carbocycles. The van der Waals surface area contributed by atoms with Crippen molar-refractivity contribution < 1.29 is 19.8 Å². The molecule has 0 aliphatic heterocycles. The van der Waals surface area contributed by atoms with Gasteiger partial charge in [0.1, 0.15) is 0 Å². The molecule has 0 spiro atoms. The third kappa shape index (κ3) is 10.7. The molecule has 0 aliphatic rings. The predicted octanol–water partition coefficient (Wildman–Crippen LogP) is 5.69. The minimum absolute atomic E-state index is 0.339. The molecular formula is C21H30O4. The molecule has 138 valence electrons. The summed E-state index contributed by atoms with van der Waals surface area (Å²) in [6.45, 7) is 12.0. The van der Waals surface area contributed by atoms with Crippen LogP contribution < -0.4 is 0 Å². The van der Waals surface area contributed by atoms with E-state index in [1.165, 1.54) is 0 Å². The van der Waals surface area contributed by atoms with Crippen LogP contribution in [0, 0.1) is 6.92 Å². The zero-order valence-electron chi connectivity index (χ0n) is 16.0.